The Hall–Kier alpha value is -2.54. The van der Waals surface area contributed by atoms with Gasteiger partial charge in [-0.25, -0.2) is 8.42 Å². The van der Waals surface area contributed by atoms with Gasteiger partial charge in [0.25, 0.3) is 0 Å². The summed E-state index contributed by atoms with van der Waals surface area (Å²) in [7, 11) is -1.48. The average Bonchev–Trinajstić information content (AvgIpc) is 2.64. The molecule has 0 unspecified atom stereocenters. The third-order valence-corrected chi connectivity index (χ3v) is 5.48. The molecule has 0 spiro atoms. The molecule has 0 bridgehead atoms. The Morgan fingerprint density at radius 3 is 2.39 bits per heavy atom. The number of aliphatic imine (C=N–C) groups is 1. The zero-order valence-electron chi connectivity index (χ0n) is 17.0. The van der Waals surface area contributed by atoms with Crippen LogP contribution in [-0.4, -0.2) is 40.8 Å². The first-order valence-corrected chi connectivity index (χ1v) is 11.1. The summed E-state index contributed by atoms with van der Waals surface area (Å²) in [6, 6.07) is 13.4. The minimum atomic E-state index is -3.19. The van der Waals surface area contributed by atoms with E-state index in [0.717, 1.165) is 29.8 Å². The van der Waals surface area contributed by atoms with Crippen molar-refractivity contribution in [1.29, 1.82) is 0 Å². The summed E-state index contributed by atoms with van der Waals surface area (Å²) in [4.78, 5) is 4.57. The SMILES string of the molecule is CN=C(NCCCOc1ccc(C)cc1)NCc1ccc(S(C)(=O)=O)c(C)c1. The Morgan fingerprint density at radius 1 is 1.07 bits per heavy atom. The number of guanidine groups is 1. The largest absolute Gasteiger partial charge is 0.494 e. The molecule has 6 nitrogen and oxygen atoms in total. The van der Waals surface area contributed by atoms with Crippen LogP contribution in [0.4, 0.5) is 0 Å². The van der Waals surface area contributed by atoms with Gasteiger partial charge in [0.15, 0.2) is 15.8 Å². The monoisotopic (exact) mass is 403 g/mol. The Kier molecular flexibility index (Phi) is 7.87. The fourth-order valence-electron chi connectivity index (χ4n) is 2.75. The third-order valence-electron chi connectivity index (χ3n) is 4.23. The minimum absolute atomic E-state index is 0.368. The fourth-order valence-corrected chi connectivity index (χ4v) is 3.71. The maximum absolute atomic E-state index is 11.7. The molecule has 0 amide bonds. The van der Waals surface area contributed by atoms with Crippen molar-refractivity contribution in [3.05, 3.63) is 59.2 Å². The molecule has 0 radical (unpaired) electrons. The lowest BCUT2D eigenvalue weighted by Crippen LogP contribution is -2.37. The fraction of sp³-hybridized carbons (Fsp3) is 0.381. The molecule has 0 saturated carbocycles. The Morgan fingerprint density at radius 2 is 1.79 bits per heavy atom. The second-order valence-electron chi connectivity index (χ2n) is 6.74. The smallest absolute Gasteiger partial charge is 0.191 e. The van der Waals surface area contributed by atoms with Gasteiger partial charge in [-0.3, -0.25) is 4.99 Å². The van der Waals surface area contributed by atoms with Crippen molar-refractivity contribution in [1.82, 2.24) is 10.6 Å². The van der Waals surface area contributed by atoms with Crippen LogP contribution >= 0.6 is 0 Å². The van der Waals surface area contributed by atoms with Gasteiger partial charge in [-0.05, 0) is 49.6 Å². The summed E-state index contributed by atoms with van der Waals surface area (Å²) >= 11 is 0. The van der Waals surface area contributed by atoms with Crippen LogP contribution in [0.3, 0.4) is 0 Å². The number of ether oxygens (including phenoxy) is 1. The molecular formula is C21H29N3O3S. The number of nitrogens with one attached hydrogen (secondary N) is 2. The van der Waals surface area contributed by atoms with Gasteiger partial charge in [-0.15, -0.1) is 0 Å². The molecule has 2 N–H and O–H groups in total. The minimum Gasteiger partial charge on any atom is -0.494 e. The van der Waals surface area contributed by atoms with Gasteiger partial charge in [0.2, 0.25) is 0 Å². The van der Waals surface area contributed by atoms with Gasteiger partial charge in [-0.2, -0.15) is 0 Å². The van der Waals surface area contributed by atoms with E-state index in [1.165, 1.54) is 11.8 Å². The van der Waals surface area contributed by atoms with Crippen molar-refractivity contribution in [2.45, 2.75) is 31.7 Å². The number of benzene rings is 2. The van der Waals surface area contributed by atoms with E-state index in [9.17, 15) is 8.42 Å². The predicted octanol–water partition coefficient (Wildman–Crippen LogP) is 2.84. The van der Waals surface area contributed by atoms with Crippen molar-refractivity contribution >= 4 is 15.8 Å². The standard InChI is InChI=1S/C21H29N3O3S/c1-16-6-9-19(10-7-16)27-13-5-12-23-21(22-3)24-15-18-8-11-20(17(2)14-18)28(4,25)26/h6-11,14H,5,12-13,15H2,1-4H3,(H2,22,23,24). The van der Waals surface area contributed by atoms with Crippen molar-refractivity contribution in [2.24, 2.45) is 4.99 Å². The topological polar surface area (TPSA) is 79.8 Å². The summed E-state index contributed by atoms with van der Waals surface area (Å²) in [5.41, 5.74) is 2.96. The predicted molar refractivity (Wildman–Crippen MR) is 114 cm³/mol. The van der Waals surface area contributed by atoms with Gasteiger partial charge in [0.1, 0.15) is 5.75 Å². The molecule has 0 fully saturated rings. The Labute approximate surface area is 168 Å². The molecule has 28 heavy (non-hydrogen) atoms. The van der Waals surface area contributed by atoms with Crippen LogP contribution < -0.4 is 15.4 Å². The maximum Gasteiger partial charge on any atom is 0.191 e. The first-order chi connectivity index (χ1) is 13.3. The van der Waals surface area contributed by atoms with Gasteiger partial charge in [-0.1, -0.05) is 29.8 Å². The van der Waals surface area contributed by atoms with E-state index in [-0.39, 0.29) is 0 Å². The maximum atomic E-state index is 11.7. The molecule has 0 aromatic heterocycles. The highest BCUT2D eigenvalue weighted by Gasteiger charge is 2.10. The van der Waals surface area contributed by atoms with Gasteiger partial charge >= 0.3 is 0 Å². The average molecular weight is 404 g/mol. The van der Waals surface area contributed by atoms with Gasteiger partial charge < -0.3 is 15.4 Å². The highest BCUT2D eigenvalue weighted by atomic mass is 32.2. The van der Waals surface area contributed by atoms with Crippen molar-refractivity contribution in [3.8, 4) is 5.75 Å². The van der Waals surface area contributed by atoms with Crippen molar-refractivity contribution < 1.29 is 13.2 Å². The van der Waals surface area contributed by atoms with E-state index in [1.807, 2.05) is 43.3 Å². The number of hydrogen-bond acceptors (Lipinski definition) is 4. The van der Waals surface area contributed by atoms with Crippen LogP contribution in [0.5, 0.6) is 5.75 Å². The van der Waals surface area contributed by atoms with Crippen LogP contribution in [0.2, 0.25) is 0 Å². The Balaban J connectivity index is 1.74. The van der Waals surface area contributed by atoms with E-state index < -0.39 is 9.84 Å². The number of nitrogens with zero attached hydrogens (tertiary/aromatic N) is 1. The van der Waals surface area contributed by atoms with Gasteiger partial charge in [0.05, 0.1) is 11.5 Å². The zero-order valence-corrected chi connectivity index (χ0v) is 17.8. The first-order valence-electron chi connectivity index (χ1n) is 9.23. The lowest BCUT2D eigenvalue weighted by Gasteiger charge is -2.13. The molecule has 0 heterocycles. The molecule has 7 heteroatoms. The van der Waals surface area contributed by atoms with E-state index in [1.54, 1.807) is 20.0 Å². The molecule has 0 aliphatic rings. The second-order valence-corrected chi connectivity index (χ2v) is 8.72. The van der Waals surface area contributed by atoms with Crippen LogP contribution in [0.25, 0.3) is 0 Å². The van der Waals surface area contributed by atoms with Crippen molar-refractivity contribution in [3.63, 3.8) is 0 Å². The molecule has 0 aliphatic carbocycles. The summed E-state index contributed by atoms with van der Waals surface area (Å²) in [5, 5.41) is 6.48. The molecule has 2 aromatic rings. The normalized spacial score (nSPS) is 11.9. The lowest BCUT2D eigenvalue weighted by molar-refractivity contribution is 0.311. The molecule has 152 valence electrons. The Bertz CT molecular complexity index is 907. The van der Waals surface area contributed by atoms with E-state index >= 15 is 0 Å². The summed E-state index contributed by atoms with van der Waals surface area (Å²) in [6.07, 6.45) is 2.07. The van der Waals surface area contributed by atoms with Crippen LogP contribution in [0.15, 0.2) is 52.4 Å². The summed E-state index contributed by atoms with van der Waals surface area (Å²) in [6.45, 7) is 5.77. The number of hydrogen-bond donors (Lipinski definition) is 2. The molecule has 0 aliphatic heterocycles. The second kappa shape index (κ2) is 10.1. The molecular weight excluding hydrogens is 374 g/mol. The molecule has 2 rings (SSSR count). The number of sulfone groups is 1. The van der Waals surface area contributed by atoms with E-state index in [0.29, 0.717) is 24.0 Å². The molecule has 0 atom stereocenters. The summed E-state index contributed by atoms with van der Waals surface area (Å²) < 4.78 is 29.1. The number of rotatable bonds is 8. The van der Waals surface area contributed by atoms with Crippen LogP contribution in [-0.2, 0) is 16.4 Å². The van der Waals surface area contributed by atoms with Crippen LogP contribution in [0, 0.1) is 13.8 Å². The van der Waals surface area contributed by atoms with Gasteiger partial charge in [0, 0.05) is 26.4 Å². The quantitative estimate of drug-likeness (QED) is 0.402. The highest BCUT2D eigenvalue weighted by molar-refractivity contribution is 7.90. The molecule has 0 saturated heterocycles. The number of aryl methyl sites for hydroxylation is 2. The lowest BCUT2D eigenvalue weighted by atomic mass is 10.1. The summed E-state index contributed by atoms with van der Waals surface area (Å²) in [5.74, 6) is 1.57. The van der Waals surface area contributed by atoms with Crippen molar-refractivity contribution in [2.75, 3.05) is 26.5 Å². The van der Waals surface area contributed by atoms with E-state index in [2.05, 4.69) is 15.6 Å². The third kappa shape index (κ3) is 6.88. The van der Waals surface area contributed by atoms with E-state index in [4.69, 9.17) is 4.74 Å². The van der Waals surface area contributed by atoms with Crippen LogP contribution in [0.1, 0.15) is 23.1 Å². The zero-order chi connectivity index (χ0) is 20.6. The highest BCUT2D eigenvalue weighted by Crippen LogP contribution is 2.16. The first kappa shape index (κ1) is 21.8. The molecule has 2 aromatic carbocycles.